The van der Waals surface area contributed by atoms with Crippen molar-refractivity contribution in [3.05, 3.63) is 24.4 Å². The molecule has 5 nitrogen and oxygen atoms in total. The van der Waals surface area contributed by atoms with Gasteiger partial charge in [0, 0.05) is 12.3 Å². The number of aromatic nitrogens is 3. The highest BCUT2D eigenvalue weighted by molar-refractivity contribution is 5.55. The van der Waals surface area contributed by atoms with Crippen molar-refractivity contribution < 1.29 is 9.47 Å². The minimum atomic E-state index is 0.291. The van der Waals surface area contributed by atoms with Gasteiger partial charge in [0.05, 0.1) is 25.6 Å². The van der Waals surface area contributed by atoms with Crippen LogP contribution in [0.15, 0.2) is 24.4 Å². The van der Waals surface area contributed by atoms with Gasteiger partial charge in [0.15, 0.2) is 0 Å². The number of H-pyrrole nitrogens is 1. The predicted molar refractivity (Wildman–Crippen MR) is 54.9 cm³/mol. The third-order valence-electron chi connectivity index (χ3n) is 1.95. The van der Waals surface area contributed by atoms with Gasteiger partial charge in [-0.2, -0.15) is 9.97 Å². The van der Waals surface area contributed by atoms with E-state index in [1.807, 2.05) is 18.3 Å². The van der Waals surface area contributed by atoms with E-state index in [0.717, 1.165) is 11.4 Å². The molecule has 0 aliphatic rings. The lowest BCUT2D eigenvalue weighted by Crippen LogP contribution is -1.97. The van der Waals surface area contributed by atoms with Crippen LogP contribution in [0.1, 0.15) is 0 Å². The normalized spacial score (nSPS) is 10.0. The van der Waals surface area contributed by atoms with E-state index in [-0.39, 0.29) is 0 Å². The number of nitrogens with zero attached hydrogens (tertiary/aromatic N) is 2. The zero-order valence-corrected chi connectivity index (χ0v) is 8.52. The molecule has 0 radical (unpaired) electrons. The Hall–Kier alpha value is -2.04. The largest absolute Gasteiger partial charge is 0.481 e. The summed E-state index contributed by atoms with van der Waals surface area (Å²) >= 11 is 0. The van der Waals surface area contributed by atoms with E-state index in [1.54, 1.807) is 13.2 Å². The first-order valence-electron chi connectivity index (χ1n) is 4.44. The molecule has 0 saturated carbocycles. The highest BCUT2D eigenvalue weighted by Crippen LogP contribution is 2.21. The molecule has 0 aliphatic heterocycles. The van der Waals surface area contributed by atoms with Crippen LogP contribution in [0, 0.1) is 0 Å². The van der Waals surface area contributed by atoms with Crippen LogP contribution in [0.4, 0.5) is 0 Å². The van der Waals surface area contributed by atoms with Crippen molar-refractivity contribution in [1.82, 2.24) is 15.0 Å². The molecule has 1 N–H and O–H groups in total. The van der Waals surface area contributed by atoms with Gasteiger partial charge in [0.1, 0.15) is 0 Å². The van der Waals surface area contributed by atoms with Gasteiger partial charge < -0.3 is 14.5 Å². The quantitative estimate of drug-likeness (QED) is 0.824. The van der Waals surface area contributed by atoms with Gasteiger partial charge >= 0.3 is 6.01 Å². The van der Waals surface area contributed by atoms with Crippen LogP contribution in [0.2, 0.25) is 0 Å². The molecule has 2 aromatic heterocycles. The maximum absolute atomic E-state index is 5.05. The summed E-state index contributed by atoms with van der Waals surface area (Å²) in [6.07, 6.45) is 1.83. The Morgan fingerprint density at radius 2 is 2.07 bits per heavy atom. The fraction of sp³-hybridized carbons (Fsp3) is 0.200. The predicted octanol–water partition coefficient (Wildman–Crippen LogP) is 1.49. The molecule has 2 rings (SSSR count). The maximum atomic E-state index is 5.05. The molecule has 0 aliphatic carbocycles. The van der Waals surface area contributed by atoms with E-state index in [2.05, 4.69) is 15.0 Å². The van der Waals surface area contributed by atoms with Crippen LogP contribution in [0.5, 0.6) is 11.9 Å². The number of ether oxygens (including phenoxy) is 2. The summed E-state index contributed by atoms with van der Waals surface area (Å²) in [6.45, 7) is 0. The Bertz CT molecular complexity index is 418. The molecular weight excluding hydrogens is 194 g/mol. The smallest absolute Gasteiger partial charge is 0.320 e. The molecule has 0 spiro atoms. The topological polar surface area (TPSA) is 60.0 Å². The zero-order valence-electron chi connectivity index (χ0n) is 8.52. The monoisotopic (exact) mass is 205 g/mol. The summed E-state index contributed by atoms with van der Waals surface area (Å²) in [7, 11) is 3.08. The average Bonchev–Trinajstić information content (AvgIpc) is 2.81. The minimum Gasteiger partial charge on any atom is -0.481 e. The van der Waals surface area contributed by atoms with Crippen LogP contribution >= 0.6 is 0 Å². The Balaban J connectivity index is 2.47. The van der Waals surface area contributed by atoms with Crippen molar-refractivity contribution in [3.8, 4) is 23.3 Å². The van der Waals surface area contributed by atoms with Gasteiger partial charge in [0.25, 0.3) is 0 Å². The summed E-state index contributed by atoms with van der Waals surface area (Å²) in [5.74, 6) is 0.478. The molecule has 2 heterocycles. The third-order valence-corrected chi connectivity index (χ3v) is 1.95. The summed E-state index contributed by atoms with van der Waals surface area (Å²) in [5.41, 5.74) is 1.64. The first-order valence-corrected chi connectivity index (χ1v) is 4.44. The molecule has 0 fully saturated rings. The van der Waals surface area contributed by atoms with E-state index < -0.39 is 0 Å². The van der Waals surface area contributed by atoms with Crippen LogP contribution in [-0.4, -0.2) is 29.2 Å². The molecular formula is C10H11N3O2. The van der Waals surface area contributed by atoms with Crippen molar-refractivity contribution in [3.63, 3.8) is 0 Å². The number of rotatable bonds is 3. The van der Waals surface area contributed by atoms with Gasteiger partial charge in [-0.1, -0.05) is 0 Å². The number of methoxy groups -OCH3 is 2. The van der Waals surface area contributed by atoms with Crippen molar-refractivity contribution in [2.45, 2.75) is 0 Å². The highest BCUT2D eigenvalue weighted by atomic mass is 16.5. The van der Waals surface area contributed by atoms with E-state index in [9.17, 15) is 0 Å². The summed E-state index contributed by atoms with van der Waals surface area (Å²) in [4.78, 5) is 11.3. The molecule has 0 saturated heterocycles. The number of aromatic amines is 1. The Morgan fingerprint density at radius 3 is 2.67 bits per heavy atom. The third kappa shape index (κ3) is 1.90. The molecule has 5 heteroatoms. The molecule has 15 heavy (non-hydrogen) atoms. The summed E-state index contributed by atoms with van der Waals surface area (Å²) in [6, 6.07) is 5.85. The second kappa shape index (κ2) is 4.00. The van der Waals surface area contributed by atoms with Crippen LogP contribution in [-0.2, 0) is 0 Å². The average molecular weight is 205 g/mol. The Kier molecular flexibility index (Phi) is 2.53. The molecule has 0 amide bonds. The van der Waals surface area contributed by atoms with Gasteiger partial charge in [-0.15, -0.1) is 0 Å². The fourth-order valence-corrected chi connectivity index (χ4v) is 1.23. The molecule has 0 atom stereocenters. The number of hydrogen-bond acceptors (Lipinski definition) is 4. The van der Waals surface area contributed by atoms with E-state index in [1.165, 1.54) is 7.11 Å². The second-order valence-corrected chi connectivity index (χ2v) is 2.87. The van der Waals surface area contributed by atoms with Crippen molar-refractivity contribution >= 4 is 0 Å². The van der Waals surface area contributed by atoms with Crippen LogP contribution < -0.4 is 9.47 Å². The standard InChI is InChI=1S/C10H11N3O2/c1-14-9-6-8(7-4-3-5-11-7)12-10(13-9)15-2/h3-6,11H,1-2H3. The van der Waals surface area contributed by atoms with E-state index in [0.29, 0.717) is 11.9 Å². The maximum Gasteiger partial charge on any atom is 0.320 e. The van der Waals surface area contributed by atoms with Crippen LogP contribution in [0.25, 0.3) is 11.4 Å². The molecule has 0 aromatic carbocycles. The first kappa shape index (κ1) is 9.51. The van der Waals surface area contributed by atoms with Gasteiger partial charge in [-0.3, -0.25) is 0 Å². The zero-order chi connectivity index (χ0) is 10.7. The second-order valence-electron chi connectivity index (χ2n) is 2.87. The van der Waals surface area contributed by atoms with Gasteiger partial charge in [0.2, 0.25) is 5.88 Å². The number of nitrogens with one attached hydrogen (secondary N) is 1. The molecule has 0 bridgehead atoms. The van der Waals surface area contributed by atoms with Crippen molar-refractivity contribution in [1.29, 1.82) is 0 Å². The fourth-order valence-electron chi connectivity index (χ4n) is 1.23. The summed E-state index contributed by atoms with van der Waals surface area (Å²) < 4.78 is 10.0. The van der Waals surface area contributed by atoms with E-state index in [4.69, 9.17) is 9.47 Å². The van der Waals surface area contributed by atoms with Crippen molar-refractivity contribution in [2.75, 3.05) is 14.2 Å². The number of hydrogen-bond donors (Lipinski definition) is 1. The minimum absolute atomic E-state index is 0.291. The first-order chi connectivity index (χ1) is 7.33. The SMILES string of the molecule is COc1cc(-c2ccc[nH]2)nc(OC)n1. The lowest BCUT2D eigenvalue weighted by atomic mass is 10.3. The Labute approximate surface area is 87.1 Å². The highest BCUT2D eigenvalue weighted by Gasteiger charge is 2.07. The molecule has 0 unspecified atom stereocenters. The Morgan fingerprint density at radius 1 is 1.20 bits per heavy atom. The molecule has 2 aromatic rings. The van der Waals surface area contributed by atoms with E-state index >= 15 is 0 Å². The van der Waals surface area contributed by atoms with Crippen molar-refractivity contribution in [2.24, 2.45) is 0 Å². The van der Waals surface area contributed by atoms with Gasteiger partial charge in [-0.25, -0.2) is 0 Å². The lowest BCUT2D eigenvalue weighted by molar-refractivity contribution is 0.352. The van der Waals surface area contributed by atoms with Gasteiger partial charge in [-0.05, 0) is 12.1 Å². The summed E-state index contributed by atoms with van der Waals surface area (Å²) in [5, 5.41) is 0. The lowest BCUT2D eigenvalue weighted by Gasteiger charge is -2.04. The molecule has 78 valence electrons. The van der Waals surface area contributed by atoms with Crippen LogP contribution in [0.3, 0.4) is 0 Å².